The predicted molar refractivity (Wildman–Crippen MR) is 131 cm³/mol. The van der Waals surface area contributed by atoms with Gasteiger partial charge < -0.3 is 10.6 Å². The molecule has 15 heteroatoms. The van der Waals surface area contributed by atoms with Gasteiger partial charge in [-0.05, 0) is 42.5 Å². The number of benzene rings is 3. The summed E-state index contributed by atoms with van der Waals surface area (Å²) in [6.45, 7) is 0. The minimum absolute atomic E-state index is 0.0133. The van der Waals surface area contributed by atoms with Crippen molar-refractivity contribution in [3.63, 3.8) is 0 Å². The number of amides is 2. The molecule has 1 aromatic heterocycles. The highest BCUT2D eigenvalue weighted by atomic mass is 35.5. The maximum absolute atomic E-state index is 14.2. The Labute approximate surface area is 229 Å². The van der Waals surface area contributed by atoms with E-state index in [4.69, 9.17) is 11.6 Å². The number of aromatic nitrogens is 2. The maximum Gasteiger partial charge on any atom is 0.416 e. The van der Waals surface area contributed by atoms with Gasteiger partial charge in [-0.1, -0.05) is 11.6 Å². The molecule has 214 valence electrons. The van der Waals surface area contributed by atoms with Crippen molar-refractivity contribution in [3.8, 4) is 0 Å². The predicted octanol–water partition coefficient (Wildman–Crippen LogP) is 6.71. The molecule has 6 nitrogen and oxygen atoms in total. The molecule has 3 aromatic carbocycles. The van der Waals surface area contributed by atoms with Crippen LogP contribution in [0.15, 0.2) is 42.5 Å². The molecule has 1 atom stereocenters. The first-order valence-electron chi connectivity index (χ1n) is 11.6. The number of aryl methyl sites for hydroxylation is 1. The van der Waals surface area contributed by atoms with E-state index in [0.29, 0.717) is 12.1 Å². The third-order valence-electron chi connectivity index (χ3n) is 6.46. The Hall–Kier alpha value is -4.20. The SMILES string of the molecule is Cn1nc2c3c(c(NC(=O)c4cc(F)cc(C(F)(F)F)c4)cc2c1CC(F)(F)F)[C@@H](c1cc(F)ccc1Cl)NC3=O. The zero-order chi connectivity index (χ0) is 30.0. The normalized spacial score (nSPS) is 15.3. The van der Waals surface area contributed by atoms with Gasteiger partial charge in [0.15, 0.2) is 0 Å². The van der Waals surface area contributed by atoms with Crippen molar-refractivity contribution in [2.45, 2.75) is 24.8 Å². The van der Waals surface area contributed by atoms with Crippen LogP contribution in [0.25, 0.3) is 10.9 Å². The van der Waals surface area contributed by atoms with Gasteiger partial charge in [0, 0.05) is 39.8 Å². The Morgan fingerprint density at radius 2 is 1.76 bits per heavy atom. The van der Waals surface area contributed by atoms with E-state index in [1.54, 1.807) is 0 Å². The number of rotatable bonds is 4. The fraction of sp³-hybridized carbons (Fsp3) is 0.192. The molecule has 1 aliphatic rings. The molecular formula is C26H15ClF8N4O2. The third kappa shape index (κ3) is 5.31. The van der Waals surface area contributed by atoms with Crippen molar-refractivity contribution < 1.29 is 44.7 Å². The van der Waals surface area contributed by atoms with Crippen molar-refractivity contribution in [1.29, 1.82) is 0 Å². The van der Waals surface area contributed by atoms with Gasteiger partial charge >= 0.3 is 12.4 Å². The van der Waals surface area contributed by atoms with Crippen LogP contribution in [-0.4, -0.2) is 27.8 Å². The molecular weight excluding hydrogens is 588 g/mol. The first-order chi connectivity index (χ1) is 19.0. The summed E-state index contributed by atoms with van der Waals surface area (Å²) in [5.74, 6) is -4.22. The maximum atomic E-state index is 14.2. The van der Waals surface area contributed by atoms with Crippen molar-refractivity contribution in [1.82, 2.24) is 15.1 Å². The molecule has 5 rings (SSSR count). The molecule has 0 spiro atoms. The summed E-state index contributed by atoms with van der Waals surface area (Å²) in [5, 5.41) is 8.71. The van der Waals surface area contributed by atoms with Crippen molar-refractivity contribution in [3.05, 3.63) is 92.6 Å². The van der Waals surface area contributed by atoms with Crippen LogP contribution in [0.3, 0.4) is 0 Å². The number of hydrogen-bond donors (Lipinski definition) is 2. The zero-order valence-electron chi connectivity index (χ0n) is 20.4. The van der Waals surface area contributed by atoms with Gasteiger partial charge in [0.1, 0.15) is 17.2 Å². The highest BCUT2D eigenvalue weighted by Crippen LogP contribution is 2.44. The highest BCUT2D eigenvalue weighted by molar-refractivity contribution is 6.31. The number of hydrogen-bond acceptors (Lipinski definition) is 3. The molecule has 2 amide bonds. The van der Waals surface area contributed by atoms with E-state index < -0.39 is 59.4 Å². The van der Waals surface area contributed by atoms with E-state index in [0.717, 1.165) is 22.9 Å². The second-order valence-electron chi connectivity index (χ2n) is 9.22. The van der Waals surface area contributed by atoms with Crippen LogP contribution in [0.5, 0.6) is 0 Å². The molecule has 0 unspecified atom stereocenters. The minimum Gasteiger partial charge on any atom is -0.341 e. The molecule has 0 radical (unpaired) electrons. The summed E-state index contributed by atoms with van der Waals surface area (Å²) in [7, 11) is 1.21. The first-order valence-corrected chi connectivity index (χ1v) is 12.0. The van der Waals surface area contributed by atoms with Crippen LogP contribution >= 0.6 is 11.6 Å². The molecule has 2 heterocycles. The molecule has 41 heavy (non-hydrogen) atoms. The molecule has 0 saturated heterocycles. The number of carbonyl (C=O) groups excluding carboxylic acids is 2. The summed E-state index contributed by atoms with van der Waals surface area (Å²) in [6.07, 6.45) is -11.2. The second-order valence-corrected chi connectivity index (χ2v) is 9.63. The minimum atomic E-state index is -4.99. The lowest BCUT2D eigenvalue weighted by molar-refractivity contribution is -0.137. The van der Waals surface area contributed by atoms with Crippen molar-refractivity contribution in [2.75, 3.05) is 5.32 Å². The van der Waals surface area contributed by atoms with Gasteiger partial charge in [-0.2, -0.15) is 31.4 Å². The van der Waals surface area contributed by atoms with Crippen LogP contribution in [0, 0.1) is 11.6 Å². The number of nitrogens with zero attached hydrogens (tertiary/aromatic N) is 2. The van der Waals surface area contributed by atoms with Crippen molar-refractivity contribution >= 4 is 40.0 Å². The molecule has 0 saturated carbocycles. The Bertz CT molecular complexity index is 1750. The smallest absolute Gasteiger partial charge is 0.341 e. The topological polar surface area (TPSA) is 76.0 Å². The number of anilines is 1. The van der Waals surface area contributed by atoms with Crippen LogP contribution in [0.1, 0.15) is 49.1 Å². The van der Waals surface area contributed by atoms with Crippen LogP contribution in [-0.2, 0) is 19.6 Å². The summed E-state index contributed by atoms with van der Waals surface area (Å²) < 4.78 is 109. The number of alkyl halides is 6. The van der Waals surface area contributed by atoms with Crippen LogP contribution in [0.2, 0.25) is 5.02 Å². The quantitative estimate of drug-likeness (QED) is 0.255. The van der Waals surface area contributed by atoms with Crippen molar-refractivity contribution in [2.24, 2.45) is 7.05 Å². The summed E-state index contributed by atoms with van der Waals surface area (Å²) in [6, 6.07) is 4.17. The van der Waals surface area contributed by atoms with Gasteiger partial charge in [0.25, 0.3) is 11.8 Å². The lowest BCUT2D eigenvalue weighted by atomic mass is 9.93. The number of halogens is 9. The average molecular weight is 603 g/mol. The van der Waals surface area contributed by atoms with Crippen LogP contribution < -0.4 is 10.6 Å². The third-order valence-corrected chi connectivity index (χ3v) is 6.80. The summed E-state index contributed by atoms with van der Waals surface area (Å²) in [4.78, 5) is 26.3. The Kier molecular flexibility index (Phi) is 6.71. The van der Waals surface area contributed by atoms with E-state index >= 15 is 0 Å². The molecule has 4 aromatic rings. The van der Waals surface area contributed by atoms with E-state index in [9.17, 15) is 44.7 Å². The van der Waals surface area contributed by atoms with Gasteiger partial charge in [-0.25, -0.2) is 8.78 Å². The Balaban J connectivity index is 1.73. The number of nitrogens with one attached hydrogen (secondary N) is 2. The molecule has 0 bridgehead atoms. The van der Waals surface area contributed by atoms with Gasteiger partial charge in [-0.15, -0.1) is 0 Å². The average Bonchev–Trinajstić information content (AvgIpc) is 3.35. The van der Waals surface area contributed by atoms with Gasteiger partial charge in [0.2, 0.25) is 0 Å². The molecule has 1 aliphatic heterocycles. The first kappa shape index (κ1) is 28.3. The monoisotopic (exact) mass is 602 g/mol. The van der Waals surface area contributed by atoms with Crippen LogP contribution in [0.4, 0.5) is 40.8 Å². The van der Waals surface area contributed by atoms with Gasteiger partial charge in [0.05, 0.1) is 29.3 Å². The summed E-state index contributed by atoms with van der Waals surface area (Å²) >= 11 is 6.24. The van der Waals surface area contributed by atoms with E-state index in [1.165, 1.54) is 13.1 Å². The summed E-state index contributed by atoms with van der Waals surface area (Å²) in [5.41, 5.74) is -3.39. The van der Waals surface area contributed by atoms with E-state index in [2.05, 4.69) is 15.7 Å². The zero-order valence-corrected chi connectivity index (χ0v) is 21.2. The second kappa shape index (κ2) is 9.72. The molecule has 2 N–H and O–H groups in total. The van der Waals surface area contributed by atoms with E-state index in [-0.39, 0.29) is 50.1 Å². The molecule has 0 aliphatic carbocycles. The largest absolute Gasteiger partial charge is 0.416 e. The lowest BCUT2D eigenvalue weighted by Gasteiger charge is -2.18. The Morgan fingerprint density at radius 3 is 2.41 bits per heavy atom. The fourth-order valence-corrected chi connectivity index (χ4v) is 4.98. The van der Waals surface area contributed by atoms with Gasteiger partial charge in [-0.3, -0.25) is 14.3 Å². The lowest BCUT2D eigenvalue weighted by Crippen LogP contribution is -2.21. The van der Waals surface area contributed by atoms with E-state index in [1.807, 2.05) is 0 Å². The highest BCUT2D eigenvalue weighted by Gasteiger charge is 2.39. The number of fused-ring (bicyclic) bond motifs is 3. The fourth-order valence-electron chi connectivity index (χ4n) is 4.75. The molecule has 0 fully saturated rings. The standard InChI is InChI=1S/C26H15ClF8N4O2/c1-39-18(9-25(30,31)32)15-8-17(36-23(40)10-4-11(26(33,34)35)6-13(29)5-10)19-20(22(15)38-39)24(41)37-21(19)14-7-12(28)2-3-16(14)27/h2-8,21H,9H2,1H3,(H,36,40)(H,37,41)/t21-/m1/s1. The Morgan fingerprint density at radius 1 is 1.05 bits per heavy atom. The number of carbonyl (C=O) groups is 2.